The van der Waals surface area contributed by atoms with Crippen molar-refractivity contribution in [2.24, 2.45) is 0 Å². The Morgan fingerprint density at radius 2 is 1.97 bits per heavy atom. The molecule has 2 aliphatic rings. The van der Waals surface area contributed by atoms with E-state index < -0.39 is 30.3 Å². The van der Waals surface area contributed by atoms with Crippen LogP contribution in [0.4, 0.5) is 0 Å². The minimum absolute atomic E-state index is 0.0767. The zero-order valence-electron chi connectivity index (χ0n) is 20.5. The number of hydrogen-bond donors (Lipinski definition) is 3. The first kappa shape index (κ1) is 29.1. The molecule has 4 atom stereocenters. The van der Waals surface area contributed by atoms with Crippen LogP contribution in [-0.2, 0) is 20.9 Å². The number of rotatable bonds is 9. The molecule has 1 fully saturated rings. The molecule has 204 valence electrons. The number of carbonyl (C=O) groups excluding carboxylic acids is 2. The number of aliphatic hydroxyl groups excluding tert-OH is 2. The van der Waals surface area contributed by atoms with Crippen molar-refractivity contribution in [2.75, 3.05) is 19.8 Å². The number of aliphatic hydroxyl groups is 2. The van der Waals surface area contributed by atoms with Crippen LogP contribution in [0, 0.1) is 3.57 Å². The summed E-state index contributed by atoms with van der Waals surface area (Å²) in [4.78, 5) is 28.3. The smallest absolute Gasteiger partial charge is 0.252 e. The number of benzene rings is 2. The second-order valence-electron chi connectivity index (χ2n) is 9.16. The molecule has 38 heavy (non-hydrogen) atoms. The molecule has 1 unspecified atom stereocenters. The lowest BCUT2D eigenvalue weighted by atomic mass is 9.87. The van der Waals surface area contributed by atoms with Gasteiger partial charge in [0.1, 0.15) is 24.1 Å². The number of hydrogen-bond acceptors (Lipinski definition) is 6. The van der Waals surface area contributed by atoms with Gasteiger partial charge in [0.2, 0.25) is 5.91 Å². The van der Waals surface area contributed by atoms with Crippen LogP contribution in [0.25, 0.3) is 0 Å². The largest absolute Gasteiger partial charge is 0.482 e. The fourth-order valence-corrected chi connectivity index (χ4v) is 5.45. The number of nitrogens with one attached hydrogen (secondary N) is 1. The lowest BCUT2D eigenvalue weighted by Crippen LogP contribution is -2.56. The van der Waals surface area contributed by atoms with Gasteiger partial charge >= 0.3 is 0 Å². The first-order chi connectivity index (χ1) is 18.3. The summed E-state index contributed by atoms with van der Waals surface area (Å²) in [6.45, 7) is 0.469. The van der Waals surface area contributed by atoms with Gasteiger partial charge in [0.05, 0.1) is 26.3 Å². The third-order valence-electron chi connectivity index (χ3n) is 6.54. The van der Waals surface area contributed by atoms with Gasteiger partial charge < -0.3 is 29.9 Å². The van der Waals surface area contributed by atoms with E-state index in [1.54, 1.807) is 35.2 Å². The predicted octanol–water partition coefficient (Wildman–Crippen LogP) is 3.72. The second-order valence-corrected chi connectivity index (χ2v) is 11.1. The van der Waals surface area contributed by atoms with E-state index in [1.165, 1.54) is 0 Å². The van der Waals surface area contributed by atoms with E-state index in [9.17, 15) is 19.8 Å². The SMILES string of the molecule is O=C(NCCO)C1=C[C@H](Oc2ccccc2I)[C@@H](O)[C@H](N(Cc2ccc(Cl)c(Cl)c2)C(=O)C2CCCO2)C1. The van der Waals surface area contributed by atoms with Crippen LogP contribution in [0.15, 0.2) is 54.1 Å². The molecule has 11 heteroatoms. The Balaban J connectivity index is 1.70. The summed E-state index contributed by atoms with van der Waals surface area (Å²) in [5.74, 6) is -0.125. The number of carbonyl (C=O) groups is 2. The molecular weight excluding hydrogens is 646 g/mol. The van der Waals surface area contributed by atoms with Crippen LogP contribution < -0.4 is 10.1 Å². The summed E-state index contributed by atoms with van der Waals surface area (Å²) < 4.78 is 12.7. The highest BCUT2D eigenvalue weighted by molar-refractivity contribution is 14.1. The van der Waals surface area contributed by atoms with Crippen molar-refractivity contribution in [1.82, 2.24) is 10.2 Å². The number of amides is 2. The number of halogens is 3. The Morgan fingerprint density at radius 3 is 2.66 bits per heavy atom. The van der Waals surface area contributed by atoms with Crippen LogP contribution >= 0.6 is 45.8 Å². The van der Waals surface area contributed by atoms with Crippen molar-refractivity contribution in [3.05, 3.63) is 73.3 Å². The van der Waals surface area contributed by atoms with E-state index in [4.69, 9.17) is 32.7 Å². The minimum atomic E-state index is -1.14. The van der Waals surface area contributed by atoms with Crippen LogP contribution in [0.2, 0.25) is 10.0 Å². The Labute approximate surface area is 245 Å². The first-order valence-corrected chi connectivity index (χ1v) is 14.2. The summed E-state index contributed by atoms with van der Waals surface area (Å²) >= 11 is 14.5. The van der Waals surface area contributed by atoms with E-state index in [0.29, 0.717) is 40.0 Å². The standard InChI is InChI=1S/C27H29Cl2IN2O6/c28-18-8-7-16(12-19(18)29)15-32(27(36)23-6-3-11-37-23)21-13-17(26(35)31-9-10-33)14-24(25(21)34)38-22-5-2-1-4-20(22)30/h1-2,4-5,7-8,12,14,21,23-25,33-34H,3,6,9-11,13,15H2,(H,31,35)/t21-,23?,24+,25+/m1/s1. The van der Waals surface area contributed by atoms with Crippen LogP contribution in [0.5, 0.6) is 5.75 Å². The highest BCUT2D eigenvalue weighted by Gasteiger charge is 2.42. The minimum Gasteiger partial charge on any atom is -0.482 e. The topological polar surface area (TPSA) is 108 Å². The predicted molar refractivity (Wildman–Crippen MR) is 152 cm³/mol. The normalized spacial score (nSPS) is 23.0. The fraction of sp³-hybridized carbons (Fsp3) is 0.407. The van der Waals surface area contributed by atoms with E-state index in [2.05, 4.69) is 27.9 Å². The molecule has 2 aromatic carbocycles. The molecule has 1 aliphatic heterocycles. The highest BCUT2D eigenvalue weighted by atomic mass is 127. The van der Waals surface area contributed by atoms with E-state index in [1.807, 2.05) is 18.2 Å². The summed E-state index contributed by atoms with van der Waals surface area (Å²) in [6.07, 6.45) is 0.312. The molecule has 0 radical (unpaired) electrons. The monoisotopic (exact) mass is 674 g/mol. The van der Waals surface area contributed by atoms with Crippen LogP contribution in [0.1, 0.15) is 24.8 Å². The summed E-state index contributed by atoms with van der Waals surface area (Å²) in [6, 6.07) is 11.7. The van der Waals surface area contributed by atoms with E-state index in [0.717, 1.165) is 9.99 Å². The van der Waals surface area contributed by atoms with Gasteiger partial charge in [0, 0.05) is 31.7 Å². The molecule has 4 rings (SSSR count). The number of para-hydroxylation sites is 1. The molecule has 2 aromatic rings. The molecule has 0 spiro atoms. The van der Waals surface area contributed by atoms with Gasteiger partial charge in [0.25, 0.3) is 5.91 Å². The molecule has 1 saturated heterocycles. The van der Waals surface area contributed by atoms with Crippen molar-refractivity contribution in [1.29, 1.82) is 0 Å². The lowest BCUT2D eigenvalue weighted by Gasteiger charge is -2.41. The number of ether oxygens (including phenoxy) is 2. The fourth-order valence-electron chi connectivity index (χ4n) is 4.62. The van der Waals surface area contributed by atoms with Crippen LogP contribution in [-0.4, -0.2) is 71.0 Å². The van der Waals surface area contributed by atoms with Crippen LogP contribution in [0.3, 0.4) is 0 Å². The van der Waals surface area contributed by atoms with Gasteiger partial charge in [0.15, 0.2) is 0 Å². The third kappa shape index (κ3) is 7.00. The van der Waals surface area contributed by atoms with Gasteiger partial charge in [-0.25, -0.2) is 0 Å². The van der Waals surface area contributed by atoms with Gasteiger partial charge in [-0.2, -0.15) is 0 Å². The maximum absolute atomic E-state index is 13.7. The summed E-state index contributed by atoms with van der Waals surface area (Å²) in [5, 5.41) is 24.2. The summed E-state index contributed by atoms with van der Waals surface area (Å²) in [5.41, 5.74) is 1.07. The third-order valence-corrected chi connectivity index (χ3v) is 8.17. The Hall–Kier alpha value is -1.89. The Bertz CT molecular complexity index is 1190. The zero-order chi connectivity index (χ0) is 27.2. The van der Waals surface area contributed by atoms with Gasteiger partial charge in [-0.15, -0.1) is 0 Å². The molecule has 0 aromatic heterocycles. The molecule has 3 N–H and O–H groups in total. The molecule has 1 heterocycles. The average molecular weight is 675 g/mol. The van der Waals surface area contributed by atoms with Crippen molar-refractivity contribution in [3.8, 4) is 5.75 Å². The molecule has 0 bridgehead atoms. The van der Waals surface area contributed by atoms with Crippen molar-refractivity contribution in [2.45, 2.75) is 50.2 Å². The second kappa shape index (κ2) is 13.5. The highest BCUT2D eigenvalue weighted by Crippen LogP contribution is 2.32. The average Bonchev–Trinajstić information content (AvgIpc) is 3.45. The van der Waals surface area contributed by atoms with E-state index >= 15 is 0 Å². The molecule has 8 nitrogen and oxygen atoms in total. The van der Waals surface area contributed by atoms with Crippen molar-refractivity contribution < 1.29 is 29.3 Å². The van der Waals surface area contributed by atoms with Gasteiger partial charge in [-0.3, -0.25) is 9.59 Å². The quantitative estimate of drug-likeness (QED) is 0.350. The van der Waals surface area contributed by atoms with Crippen molar-refractivity contribution in [3.63, 3.8) is 0 Å². The van der Waals surface area contributed by atoms with E-state index in [-0.39, 0.29) is 32.0 Å². The Morgan fingerprint density at radius 1 is 1.18 bits per heavy atom. The molecule has 2 amide bonds. The number of nitrogens with zero attached hydrogens (tertiary/aromatic N) is 1. The Kier molecular flexibility index (Phi) is 10.3. The summed E-state index contributed by atoms with van der Waals surface area (Å²) in [7, 11) is 0. The van der Waals surface area contributed by atoms with Gasteiger partial charge in [-0.1, -0.05) is 41.4 Å². The van der Waals surface area contributed by atoms with Crippen molar-refractivity contribution >= 4 is 57.6 Å². The zero-order valence-corrected chi connectivity index (χ0v) is 24.2. The first-order valence-electron chi connectivity index (χ1n) is 12.3. The molecule has 1 aliphatic carbocycles. The maximum Gasteiger partial charge on any atom is 0.252 e. The molecular formula is C27H29Cl2IN2O6. The van der Waals surface area contributed by atoms with Gasteiger partial charge in [-0.05, 0) is 71.3 Å². The maximum atomic E-state index is 13.7. The molecule has 0 saturated carbocycles. The lowest BCUT2D eigenvalue weighted by molar-refractivity contribution is -0.149.